The highest BCUT2D eigenvalue weighted by Crippen LogP contribution is 2.13. The number of ether oxygens (including phenoxy) is 2. The molecule has 168 valence electrons. The van der Waals surface area contributed by atoms with Gasteiger partial charge in [0.25, 0.3) is 10.1 Å². The number of benzene rings is 1. The minimum absolute atomic E-state index is 0.00859. The van der Waals surface area contributed by atoms with Crippen molar-refractivity contribution in [1.82, 2.24) is 0 Å². The fraction of sp³-hybridized carbons (Fsp3) is 0.739. The first-order valence-electron chi connectivity index (χ1n) is 11.2. The van der Waals surface area contributed by atoms with Crippen LogP contribution in [0.15, 0.2) is 29.2 Å². The van der Waals surface area contributed by atoms with Crippen LogP contribution in [0.25, 0.3) is 0 Å². The van der Waals surface area contributed by atoms with E-state index < -0.39 is 10.1 Å². The molecule has 0 radical (unpaired) electrons. The number of rotatable bonds is 19. The Hall–Kier alpha value is -0.950. The molecule has 1 rings (SSSR count). The first-order chi connectivity index (χ1) is 14.1. The fourth-order valence-electron chi connectivity index (χ4n) is 2.99. The molecule has 0 heterocycles. The summed E-state index contributed by atoms with van der Waals surface area (Å²) in [5.41, 5.74) is 1.00. The topological polar surface area (TPSA) is 61.8 Å². The van der Waals surface area contributed by atoms with E-state index in [9.17, 15) is 8.42 Å². The summed E-state index contributed by atoms with van der Waals surface area (Å²) in [6.45, 7) is 6.14. The Kier molecular flexibility index (Phi) is 15.1. The largest absolute Gasteiger partial charge is 0.379 e. The summed E-state index contributed by atoms with van der Waals surface area (Å²) < 4.78 is 39.9. The van der Waals surface area contributed by atoms with Gasteiger partial charge in [0.15, 0.2) is 0 Å². The van der Waals surface area contributed by atoms with Gasteiger partial charge in [0.2, 0.25) is 0 Å². The normalized spacial score (nSPS) is 11.8. The molecule has 0 amide bonds. The molecule has 0 aliphatic carbocycles. The molecule has 29 heavy (non-hydrogen) atoms. The van der Waals surface area contributed by atoms with Crippen molar-refractivity contribution >= 4 is 10.1 Å². The highest BCUT2D eigenvalue weighted by atomic mass is 32.2. The maximum atomic E-state index is 12.0. The van der Waals surface area contributed by atoms with Crippen molar-refractivity contribution in [2.24, 2.45) is 0 Å². The number of aryl methyl sites for hydroxylation is 1. The minimum atomic E-state index is -3.71. The predicted octanol–water partition coefficient (Wildman–Crippen LogP) is 5.65. The number of hydrogen-bond donors (Lipinski definition) is 0. The van der Waals surface area contributed by atoms with E-state index in [1.807, 2.05) is 6.92 Å². The Morgan fingerprint density at radius 2 is 1.14 bits per heavy atom. The monoisotopic (exact) mass is 428 g/mol. The third kappa shape index (κ3) is 13.8. The molecule has 0 aliphatic rings. The number of hydrogen-bond acceptors (Lipinski definition) is 5. The molecule has 0 saturated carbocycles. The van der Waals surface area contributed by atoms with Crippen LogP contribution in [-0.4, -0.2) is 41.5 Å². The van der Waals surface area contributed by atoms with E-state index in [-0.39, 0.29) is 18.1 Å². The molecule has 0 saturated heterocycles. The standard InChI is InChI=1S/C23H40O5S/c1-3-4-5-6-7-8-9-10-11-12-17-26-18-19-27-20-21-28-29(24,25)23-15-13-22(2)14-16-23/h13-16H,3-12,17-21H2,1-2H3. The second kappa shape index (κ2) is 16.8. The zero-order valence-corrected chi connectivity index (χ0v) is 19.2. The van der Waals surface area contributed by atoms with Gasteiger partial charge in [0, 0.05) is 6.61 Å². The average molecular weight is 429 g/mol. The molecular formula is C23H40O5S. The zero-order valence-electron chi connectivity index (χ0n) is 18.4. The van der Waals surface area contributed by atoms with E-state index in [1.165, 1.54) is 57.8 Å². The summed E-state index contributed by atoms with van der Waals surface area (Å²) in [6, 6.07) is 6.59. The lowest BCUT2D eigenvalue weighted by molar-refractivity contribution is 0.0359. The molecule has 0 spiro atoms. The van der Waals surface area contributed by atoms with Crippen LogP contribution >= 0.6 is 0 Å². The lowest BCUT2D eigenvalue weighted by Crippen LogP contribution is -2.13. The molecular weight excluding hydrogens is 388 g/mol. The third-order valence-corrected chi connectivity index (χ3v) is 6.12. The summed E-state index contributed by atoms with van der Waals surface area (Å²) >= 11 is 0. The Balaban J connectivity index is 1.86. The van der Waals surface area contributed by atoms with Crippen molar-refractivity contribution < 1.29 is 22.1 Å². The van der Waals surface area contributed by atoms with Crippen LogP contribution < -0.4 is 0 Å². The third-order valence-electron chi connectivity index (χ3n) is 4.79. The van der Waals surface area contributed by atoms with Crippen LogP contribution in [0, 0.1) is 6.92 Å². The fourth-order valence-corrected chi connectivity index (χ4v) is 3.88. The van der Waals surface area contributed by atoms with Gasteiger partial charge in [-0.25, -0.2) is 0 Å². The van der Waals surface area contributed by atoms with E-state index in [1.54, 1.807) is 24.3 Å². The van der Waals surface area contributed by atoms with Crippen molar-refractivity contribution in [1.29, 1.82) is 0 Å². The van der Waals surface area contributed by atoms with Gasteiger partial charge in [-0.05, 0) is 25.5 Å². The van der Waals surface area contributed by atoms with Crippen LogP contribution in [0.2, 0.25) is 0 Å². The van der Waals surface area contributed by atoms with Gasteiger partial charge in [0.05, 0.1) is 31.3 Å². The van der Waals surface area contributed by atoms with Gasteiger partial charge in [-0.15, -0.1) is 0 Å². The highest BCUT2D eigenvalue weighted by molar-refractivity contribution is 7.86. The maximum absolute atomic E-state index is 12.0. The van der Waals surface area contributed by atoms with Gasteiger partial charge in [-0.2, -0.15) is 8.42 Å². The number of unbranched alkanes of at least 4 members (excludes halogenated alkanes) is 9. The Morgan fingerprint density at radius 1 is 0.655 bits per heavy atom. The molecule has 0 bridgehead atoms. The van der Waals surface area contributed by atoms with Crippen molar-refractivity contribution in [2.75, 3.05) is 33.0 Å². The van der Waals surface area contributed by atoms with E-state index in [0.717, 1.165) is 18.6 Å². The van der Waals surface area contributed by atoms with E-state index in [4.69, 9.17) is 13.7 Å². The molecule has 1 aromatic carbocycles. The molecule has 0 unspecified atom stereocenters. The molecule has 0 N–H and O–H groups in total. The SMILES string of the molecule is CCCCCCCCCCCCOCCOCCOS(=O)(=O)c1ccc(C)cc1. The van der Waals surface area contributed by atoms with Crippen LogP contribution in [-0.2, 0) is 23.8 Å². The predicted molar refractivity (Wildman–Crippen MR) is 118 cm³/mol. The van der Waals surface area contributed by atoms with Crippen LogP contribution in [0.1, 0.15) is 76.7 Å². The summed E-state index contributed by atoms with van der Waals surface area (Å²) in [5, 5.41) is 0. The Bertz CT molecular complexity index is 598. The first-order valence-corrected chi connectivity index (χ1v) is 12.6. The molecule has 0 aromatic heterocycles. The van der Waals surface area contributed by atoms with Crippen molar-refractivity contribution in [2.45, 2.75) is 83.0 Å². The van der Waals surface area contributed by atoms with E-state index >= 15 is 0 Å². The quantitative estimate of drug-likeness (QED) is 0.210. The van der Waals surface area contributed by atoms with Gasteiger partial charge in [-0.1, -0.05) is 82.4 Å². The molecule has 0 atom stereocenters. The summed E-state index contributed by atoms with van der Waals surface area (Å²) in [4.78, 5) is 0.169. The second-order valence-corrected chi connectivity index (χ2v) is 9.11. The van der Waals surface area contributed by atoms with Gasteiger partial charge < -0.3 is 9.47 Å². The maximum Gasteiger partial charge on any atom is 0.297 e. The lowest BCUT2D eigenvalue weighted by atomic mass is 10.1. The lowest BCUT2D eigenvalue weighted by Gasteiger charge is -2.08. The molecule has 6 heteroatoms. The van der Waals surface area contributed by atoms with Crippen molar-refractivity contribution in [3.63, 3.8) is 0 Å². The minimum Gasteiger partial charge on any atom is -0.379 e. The Labute approximate surface area is 178 Å². The first kappa shape index (κ1) is 26.1. The van der Waals surface area contributed by atoms with Crippen LogP contribution in [0.5, 0.6) is 0 Å². The van der Waals surface area contributed by atoms with Gasteiger partial charge in [0.1, 0.15) is 0 Å². The molecule has 1 aromatic rings. The molecule has 5 nitrogen and oxygen atoms in total. The molecule has 0 aliphatic heterocycles. The van der Waals surface area contributed by atoms with E-state index in [0.29, 0.717) is 13.2 Å². The van der Waals surface area contributed by atoms with Gasteiger partial charge >= 0.3 is 0 Å². The summed E-state index contributed by atoms with van der Waals surface area (Å²) in [5.74, 6) is 0. The Morgan fingerprint density at radius 3 is 1.72 bits per heavy atom. The van der Waals surface area contributed by atoms with Crippen LogP contribution in [0.4, 0.5) is 0 Å². The second-order valence-electron chi connectivity index (χ2n) is 7.50. The summed E-state index contributed by atoms with van der Waals surface area (Å²) in [6.07, 6.45) is 13.1. The van der Waals surface area contributed by atoms with Crippen molar-refractivity contribution in [3.05, 3.63) is 29.8 Å². The average Bonchev–Trinajstić information content (AvgIpc) is 2.70. The van der Waals surface area contributed by atoms with Crippen molar-refractivity contribution in [3.8, 4) is 0 Å². The summed E-state index contributed by atoms with van der Waals surface area (Å²) in [7, 11) is -3.71. The molecule has 0 fully saturated rings. The highest BCUT2D eigenvalue weighted by Gasteiger charge is 2.14. The van der Waals surface area contributed by atoms with Crippen LogP contribution in [0.3, 0.4) is 0 Å². The van der Waals surface area contributed by atoms with Gasteiger partial charge in [-0.3, -0.25) is 4.18 Å². The smallest absolute Gasteiger partial charge is 0.297 e. The zero-order chi connectivity index (χ0) is 21.2. The van der Waals surface area contributed by atoms with E-state index in [2.05, 4.69) is 6.92 Å².